The lowest BCUT2D eigenvalue weighted by molar-refractivity contribution is 0.963. The Kier molecular flexibility index (Phi) is 4.00. The van der Waals surface area contributed by atoms with Crippen molar-refractivity contribution in [3.63, 3.8) is 0 Å². The number of para-hydroxylation sites is 1. The lowest BCUT2D eigenvalue weighted by Crippen LogP contribution is -1.99. The predicted molar refractivity (Wildman–Crippen MR) is 98.5 cm³/mol. The summed E-state index contributed by atoms with van der Waals surface area (Å²) in [7, 11) is 0. The highest BCUT2D eigenvalue weighted by Crippen LogP contribution is 2.35. The number of fused-ring (bicyclic) bond motifs is 1. The van der Waals surface area contributed by atoms with Gasteiger partial charge in [0.15, 0.2) is 10.2 Å². The van der Waals surface area contributed by atoms with Gasteiger partial charge in [0.2, 0.25) is 0 Å². The molecule has 1 aromatic carbocycles. The molecular weight excluding hydrogens is 336 g/mol. The zero-order valence-corrected chi connectivity index (χ0v) is 14.9. The molecule has 0 bridgehead atoms. The highest BCUT2D eigenvalue weighted by atomic mass is 32.2. The van der Waals surface area contributed by atoms with Crippen molar-refractivity contribution in [2.45, 2.75) is 23.2 Å². The molecule has 0 aliphatic heterocycles. The summed E-state index contributed by atoms with van der Waals surface area (Å²) in [6, 6.07) is 13.9. The number of hydrogen-bond donors (Lipinski definition) is 0. The first kappa shape index (κ1) is 15.2. The van der Waals surface area contributed by atoms with Crippen molar-refractivity contribution in [3.8, 4) is 11.5 Å². The molecule has 0 saturated carbocycles. The van der Waals surface area contributed by atoms with Crippen LogP contribution in [0.3, 0.4) is 0 Å². The van der Waals surface area contributed by atoms with Crippen LogP contribution < -0.4 is 0 Å². The molecular formula is C18H14N4S2. The van der Waals surface area contributed by atoms with Crippen LogP contribution in [0.4, 0.5) is 0 Å². The maximum atomic E-state index is 4.72. The highest BCUT2D eigenvalue weighted by Gasteiger charge is 2.14. The normalized spacial score (nSPS) is 11.1. The fourth-order valence-corrected chi connectivity index (χ4v) is 4.40. The van der Waals surface area contributed by atoms with E-state index in [1.807, 2.05) is 50.2 Å². The number of aromatic nitrogens is 4. The molecule has 118 valence electrons. The molecule has 0 N–H and O–H groups in total. The standard InChI is InChI=1S/C18H14N4S2/c1-11-12(2)20-16(14-8-5-6-10-19-14)22-17(11)24-18-21-13-7-3-4-9-15(13)23-18/h3-10H,1-2H3. The second kappa shape index (κ2) is 6.30. The lowest BCUT2D eigenvalue weighted by atomic mass is 10.2. The SMILES string of the molecule is Cc1nc(-c2ccccn2)nc(Sc2nc3ccccc3s2)c1C. The van der Waals surface area contributed by atoms with Crippen molar-refractivity contribution < 1.29 is 0 Å². The van der Waals surface area contributed by atoms with Crippen molar-refractivity contribution in [2.24, 2.45) is 0 Å². The minimum absolute atomic E-state index is 0.655. The van der Waals surface area contributed by atoms with Gasteiger partial charge in [-0.1, -0.05) is 18.2 Å². The van der Waals surface area contributed by atoms with Crippen molar-refractivity contribution in [3.05, 3.63) is 59.9 Å². The van der Waals surface area contributed by atoms with Crippen LogP contribution in [0.5, 0.6) is 0 Å². The van der Waals surface area contributed by atoms with Crippen LogP contribution in [0.15, 0.2) is 58.0 Å². The van der Waals surface area contributed by atoms with Gasteiger partial charge in [-0.15, -0.1) is 11.3 Å². The maximum absolute atomic E-state index is 4.72. The Morgan fingerprint density at radius 2 is 1.75 bits per heavy atom. The molecule has 3 heterocycles. The first-order valence-corrected chi connectivity index (χ1v) is 9.14. The van der Waals surface area contributed by atoms with Gasteiger partial charge >= 0.3 is 0 Å². The van der Waals surface area contributed by atoms with Crippen molar-refractivity contribution in [1.29, 1.82) is 0 Å². The van der Waals surface area contributed by atoms with E-state index < -0.39 is 0 Å². The monoisotopic (exact) mass is 350 g/mol. The Labute approximate surface area is 148 Å². The number of thiazole rings is 1. The van der Waals surface area contributed by atoms with E-state index in [9.17, 15) is 0 Å². The molecule has 0 saturated heterocycles. The number of pyridine rings is 1. The molecule has 0 spiro atoms. The van der Waals surface area contributed by atoms with Gasteiger partial charge < -0.3 is 0 Å². The third-order valence-electron chi connectivity index (χ3n) is 3.70. The van der Waals surface area contributed by atoms with Crippen LogP contribution in [-0.4, -0.2) is 19.9 Å². The lowest BCUT2D eigenvalue weighted by Gasteiger charge is -2.08. The Balaban J connectivity index is 1.75. The summed E-state index contributed by atoms with van der Waals surface area (Å²) in [4.78, 5) is 18.4. The maximum Gasteiger partial charge on any atom is 0.179 e. The van der Waals surface area contributed by atoms with E-state index >= 15 is 0 Å². The highest BCUT2D eigenvalue weighted by molar-refractivity contribution is 8.01. The second-order valence-electron chi connectivity index (χ2n) is 5.33. The van der Waals surface area contributed by atoms with E-state index in [2.05, 4.69) is 21.0 Å². The quantitative estimate of drug-likeness (QED) is 0.491. The number of nitrogens with zero attached hydrogens (tertiary/aromatic N) is 4. The van der Waals surface area contributed by atoms with Gasteiger partial charge in [-0.3, -0.25) is 4.98 Å². The van der Waals surface area contributed by atoms with E-state index in [-0.39, 0.29) is 0 Å². The third-order valence-corrected chi connectivity index (χ3v) is 5.88. The van der Waals surface area contributed by atoms with Crippen LogP contribution in [0.2, 0.25) is 0 Å². The number of aryl methyl sites for hydroxylation is 1. The molecule has 0 unspecified atom stereocenters. The van der Waals surface area contributed by atoms with Crippen LogP contribution in [-0.2, 0) is 0 Å². The number of rotatable bonds is 3. The van der Waals surface area contributed by atoms with E-state index in [1.165, 1.54) is 4.70 Å². The van der Waals surface area contributed by atoms with Crippen molar-refractivity contribution in [1.82, 2.24) is 19.9 Å². The van der Waals surface area contributed by atoms with E-state index in [1.54, 1.807) is 29.3 Å². The predicted octanol–water partition coefficient (Wildman–Crippen LogP) is 4.92. The Morgan fingerprint density at radius 3 is 2.54 bits per heavy atom. The zero-order valence-electron chi connectivity index (χ0n) is 13.2. The summed E-state index contributed by atoms with van der Waals surface area (Å²) in [5, 5.41) is 0.933. The molecule has 0 fully saturated rings. The average molecular weight is 350 g/mol. The summed E-state index contributed by atoms with van der Waals surface area (Å²) in [6.45, 7) is 4.05. The molecule has 0 radical (unpaired) electrons. The van der Waals surface area contributed by atoms with Gasteiger partial charge in [0.1, 0.15) is 10.7 Å². The summed E-state index contributed by atoms with van der Waals surface area (Å²) >= 11 is 3.28. The largest absolute Gasteiger partial charge is 0.253 e. The third kappa shape index (κ3) is 2.90. The molecule has 0 aliphatic carbocycles. The second-order valence-corrected chi connectivity index (χ2v) is 7.59. The first-order chi connectivity index (χ1) is 11.7. The van der Waals surface area contributed by atoms with Gasteiger partial charge in [-0.25, -0.2) is 15.0 Å². The average Bonchev–Trinajstić information content (AvgIpc) is 3.02. The minimum Gasteiger partial charge on any atom is -0.253 e. The Morgan fingerprint density at radius 1 is 0.917 bits per heavy atom. The van der Waals surface area contributed by atoms with Gasteiger partial charge in [-0.2, -0.15) is 0 Å². The number of benzene rings is 1. The van der Waals surface area contributed by atoms with E-state index in [0.29, 0.717) is 5.82 Å². The molecule has 0 atom stereocenters. The Hall–Kier alpha value is -2.31. The van der Waals surface area contributed by atoms with Crippen LogP contribution in [0.25, 0.3) is 21.7 Å². The summed E-state index contributed by atoms with van der Waals surface area (Å²) < 4.78 is 2.18. The molecule has 6 heteroatoms. The van der Waals surface area contributed by atoms with Gasteiger partial charge in [-0.05, 0) is 49.9 Å². The molecule has 0 aliphatic rings. The zero-order chi connectivity index (χ0) is 16.5. The number of hydrogen-bond acceptors (Lipinski definition) is 6. The molecule has 3 aromatic heterocycles. The van der Waals surface area contributed by atoms with Crippen molar-refractivity contribution in [2.75, 3.05) is 0 Å². The summed E-state index contributed by atoms with van der Waals surface area (Å²) in [5.74, 6) is 0.655. The topological polar surface area (TPSA) is 51.6 Å². The van der Waals surface area contributed by atoms with Gasteiger partial charge in [0, 0.05) is 17.5 Å². The summed E-state index contributed by atoms with van der Waals surface area (Å²) in [5.41, 5.74) is 3.86. The Bertz CT molecular complexity index is 979. The summed E-state index contributed by atoms with van der Waals surface area (Å²) in [6.07, 6.45) is 1.76. The molecule has 24 heavy (non-hydrogen) atoms. The van der Waals surface area contributed by atoms with Gasteiger partial charge in [0.05, 0.1) is 10.2 Å². The van der Waals surface area contributed by atoms with Crippen LogP contribution in [0.1, 0.15) is 11.3 Å². The van der Waals surface area contributed by atoms with E-state index in [4.69, 9.17) is 4.98 Å². The fraction of sp³-hybridized carbons (Fsp3) is 0.111. The molecule has 4 nitrogen and oxygen atoms in total. The molecule has 0 amide bonds. The fourth-order valence-electron chi connectivity index (χ4n) is 2.29. The minimum atomic E-state index is 0.655. The van der Waals surface area contributed by atoms with Crippen LogP contribution >= 0.6 is 23.1 Å². The first-order valence-electron chi connectivity index (χ1n) is 7.51. The molecule has 4 aromatic rings. The molecule has 4 rings (SSSR count). The van der Waals surface area contributed by atoms with Gasteiger partial charge in [0.25, 0.3) is 0 Å². The van der Waals surface area contributed by atoms with E-state index in [0.717, 1.165) is 31.8 Å². The van der Waals surface area contributed by atoms with Crippen molar-refractivity contribution >= 4 is 33.3 Å². The smallest absolute Gasteiger partial charge is 0.179 e. The van der Waals surface area contributed by atoms with Crippen LogP contribution in [0, 0.1) is 13.8 Å².